The molecule has 0 radical (unpaired) electrons. The van der Waals surface area contributed by atoms with E-state index >= 15 is 0 Å². The van der Waals surface area contributed by atoms with Gasteiger partial charge in [-0.1, -0.05) is 111 Å². The van der Waals surface area contributed by atoms with Crippen molar-refractivity contribution in [1.29, 1.82) is 0 Å². The minimum atomic E-state index is -0.451. The fourth-order valence-electron chi connectivity index (χ4n) is 6.95. The maximum absolute atomic E-state index is 5.35. The molecule has 5 heterocycles. The van der Waals surface area contributed by atoms with Gasteiger partial charge in [-0.05, 0) is 40.1 Å². The normalized spacial score (nSPS) is 18.6. The van der Waals surface area contributed by atoms with Crippen molar-refractivity contribution >= 4 is 56.5 Å². The monoisotopic (exact) mass is 596 g/mol. The number of aromatic nitrogens is 2. The Morgan fingerprint density at radius 3 is 1.79 bits per heavy atom. The third-order valence-electron chi connectivity index (χ3n) is 8.99. The van der Waals surface area contributed by atoms with Crippen LogP contribution in [0.25, 0.3) is 45.1 Å². The summed E-state index contributed by atoms with van der Waals surface area (Å²) < 4.78 is 0. The molecule has 3 aliphatic rings. The summed E-state index contributed by atoms with van der Waals surface area (Å²) >= 11 is 0. The number of hydrogen-bond donors (Lipinski definition) is 0. The average molecular weight is 597 g/mol. The van der Waals surface area contributed by atoms with Gasteiger partial charge in [0.15, 0.2) is 0 Å². The minimum Gasteiger partial charge on any atom is -0.660 e. The molecule has 0 fully saturated rings. The summed E-state index contributed by atoms with van der Waals surface area (Å²) in [7, 11) is 0. The smallest absolute Gasteiger partial charge is 0.660 e. The third kappa shape index (κ3) is 3.75. The van der Waals surface area contributed by atoms with E-state index in [4.69, 9.17) is 20.0 Å². The van der Waals surface area contributed by atoms with Crippen molar-refractivity contribution in [1.82, 2.24) is 9.97 Å². The van der Waals surface area contributed by atoms with Crippen LogP contribution in [0.3, 0.4) is 0 Å². The van der Waals surface area contributed by atoms with Crippen molar-refractivity contribution < 1.29 is 16.5 Å². The molecule has 0 unspecified atom stereocenters. The Balaban J connectivity index is 0.00000278. The van der Waals surface area contributed by atoms with Gasteiger partial charge >= 0.3 is 16.5 Å². The Labute approximate surface area is 259 Å². The number of benzene rings is 4. The second kappa shape index (κ2) is 9.39. The summed E-state index contributed by atoms with van der Waals surface area (Å²) in [4.78, 5) is 21.2. The maximum atomic E-state index is 5.35. The van der Waals surface area contributed by atoms with Crippen molar-refractivity contribution in [2.45, 2.75) is 25.7 Å². The molecule has 6 aromatic rings. The van der Waals surface area contributed by atoms with Gasteiger partial charge < -0.3 is 9.97 Å². The number of hydrogen-bond acceptors (Lipinski definition) is 2. The van der Waals surface area contributed by atoms with Crippen LogP contribution in [-0.4, -0.2) is 11.4 Å². The molecule has 0 saturated heterocycles. The molecule has 5 heteroatoms. The van der Waals surface area contributed by atoms with Gasteiger partial charge in [0.2, 0.25) is 0 Å². The predicted molar refractivity (Wildman–Crippen MR) is 173 cm³/mol. The molecule has 9 rings (SSSR count). The molecule has 0 aliphatic carbocycles. The SMILES string of the molecule is CC1(C)C2=N/C(=C\c3[n-]c(c4ccccc34)CC3=N/C(=C\c4[n-]c1c1ccccc41)c1ccccc13)c1ccccc12.[Ni+2]. The molecular formula is C38H26N4Ni. The third-order valence-corrected chi connectivity index (χ3v) is 8.99. The Morgan fingerprint density at radius 2 is 1.07 bits per heavy atom. The number of nitrogens with zero attached hydrogens (tertiary/aromatic N) is 4. The number of rotatable bonds is 0. The van der Waals surface area contributed by atoms with Gasteiger partial charge in [0.05, 0.1) is 22.8 Å². The van der Waals surface area contributed by atoms with Crippen LogP contribution in [-0.2, 0) is 28.3 Å². The predicted octanol–water partition coefficient (Wildman–Crippen LogP) is 8.04. The Hall–Kier alpha value is -4.73. The van der Waals surface area contributed by atoms with Gasteiger partial charge in [-0.3, -0.25) is 9.98 Å². The van der Waals surface area contributed by atoms with Crippen molar-refractivity contribution in [2.75, 3.05) is 0 Å². The van der Waals surface area contributed by atoms with Gasteiger partial charge in [0, 0.05) is 27.7 Å². The van der Waals surface area contributed by atoms with Crippen LogP contribution in [0.5, 0.6) is 0 Å². The van der Waals surface area contributed by atoms with Gasteiger partial charge in [-0.2, -0.15) is 0 Å². The van der Waals surface area contributed by atoms with E-state index in [1.807, 2.05) is 0 Å². The molecule has 8 bridgehead atoms. The first-order valence-electron chi connectivity index (χ1n) is 14.5. The Bertz CT molecular complexity index is 2250. The zero-order valence-corrected chi connectivity index (χ0v) is 24.7. The van der Waals surface area contributed by atoms with Gasteiger partial charge in [0.1, 0.15) is 0 Å². The molecule has 0 N–H and O–H groups in total. The molecule has 208 valence electrons. The molecule has 0 amide bonds. The largest absolute Gasteiger partial charge is 2.00 e. The van der Waals surface area contributed by atoms with Gasteiger partial charge in [0.25, 0.3) is 0 Å². The van der Waals surface area contributed by atoms with Gasteiger partial charge in [-0.15, -0.1) is 22.8 Å². The first kappa shape index (κ1) is 25.9. The average Bonchev–Trinajstić information content (AvgIpc) is 3.76. The summed E-state index contributed by atoms with van der Waals surface area (Å²) in [5, 5.41) is 4.59. The standard InChI is InChI=1S/C38H26N4.Ni/c1-38(2)36-28-17-9-7-15-26(28)34(41-36)20-32-24-13-5-3-11-22(24)30(39-32)19-31-23-12-4-6-14-25(23)33(40-31)21-35-27-16-8-10-18-29(27)37(38)42-35;/h3-18,20-21H,19H2,1-2H3;/q-2;+2/b32-20-,35-21-;. The van der Waals surface area contributed by atoms with Crippen LogP contribution < -0.4 is 9.97 Å². The van der Waals surface area contributed by atoms with Gasteiger partial charge in [-0.25, -0.2) is 0 Å². The first-order valence-corrected chi connectivity index (χ1v) is 14.5. The molecule has 2 aromatic heterocycles. The molecule has 3 aliphatic heterocycles. The van der Waals surface area contributed by atoms with Crippen molar-refractivity contribution in [3.8, 4) is 0 Å². The fraction of sp³-hybridized carbons (Fsp3) is 0.105. The first-order chi connectivity index (χ1) is 20.6. The van der Waals surface area contributed by atoms with E-state index < -0.39 is 5.41 Å². The Kier molecular flexibility index (Phi) is 5.66. The molecule has 0 spiro atoms. The van der Waals surface area contributed by atoms with Crippen LogP contribution in [0.1, 0.15) is 58.9 Å². The second-order valence-corrected chi connectivity index (χ2v) is 11.9. The van der Waals surface area contributed by atoms with E-state index in [2.05, 4.69) is 123 Å². The van der Waals surface area contributed by atoms with Crippen LogP contribution in [0.15, 0.2) is 107 Å². The van der Waals surface area contributed by atoms with Crippen molar-refractivity contribution in [3.63, 3.8) is 0 Å². The molecule has 43 heavy (non-hydrogen) atoms. The molecular weight excluding hydrogens is 571 g/mol. The van der Waals surface area contributed by atoms with Crippen LogP contribution >= 0.6 is 0 Å². The van der Waals surface area contributed by atoms with E-state index in [9.17, 15) is 0 Å². The summed E-state index contributed by atoms with van der Waals surface area (Å²) in [5.74, 6) is 0. The molecule has 4 aromatic carbocycles. The fourth-order valence-corrected chi connectivity index (χ4v) is 6.95. The van der Waals surface area contributed by atoms with Crippen molar-refractivity contribution in [2.24, 2.45) is 9.98 Å². The van der Waals surface area contributed by atoms with E-state index in [0.717, 1.165) is 89.4 Å². The Morgan fingerprint density at radius 1 is 0.558 bits per heavy atom. The molecule has 0 saturated carbocycles. The van der Waals surface area contributed by atoms with Crippen LogP contribution in [0.4, 0.5) is 0 Å². The zero-order valence-electron chi connectivity index (χ0n) is 23.7. The van der Waals surface area contributed by atoms with Crippen LogP contribution in [0.2, 0.25) is 0 Å². The van der Waals surface area contributed by atoms with E-state index in [-0.39, 0.29) is 16.5 Å². The number of fused-ring (bicyclic) bond motifs is 18. The topological polar surface area (TPSA) is 52.9 Å². The minimum absolute atomic E-state index is 0. The summed E-state index contributed by atoms with van der Waals surface area (Å²) in [5.41, 5.74) is 12.0. The number of aliphatic imine (C=N–C) groups is 2. The maximum Gasteiger partial charge on any atom is 2.00 e. The molecule has 4 nitrogen and oxygen atoms in total. The van der Waals surface area contributed by atoms with Crippen molar-refractivity contribution in [3.05, 3.63) is 142 Å². The summed E-state index contributed by atoms with van der Waals surface area (Å²) in [6.45, 7) is 4.49. The van der Waals surface area contributed by atoms with Crippen LogP contribution in [0, 0.1) is 0 Å². The van der Waals surface area contributed by atoms with E-state index in [1.165, 1.54) is 0 Å². The second-order valence-electron chi connectivity index (χ2n) is 11.9. The van der Waals surface area contributed by atoms with E-state index in [0.29, 0.717) is 6.42 Å². The van der Waals surface area contributed by atoms with E-state index in [1.54, 1.807) is 0 Å². The summed E-state index contributed by atoms with van der Waals surface area (Å²) in [6, 6.07) is 34.1. The zero-order chi connectivity index (χ0) is 28.0. The quantitative estimate of drug-likeness (QED) is 0.167. The molecule has 0 atom stereocenters. The summed E-state index contributed by atoms with van der Waals surface area (Å²) in [6.07, 6.45) is 4.98.